The summed E-state index contributed by atoms with van der Waals surface area (Å²) in [6, 6.07) is 11.4. The summed E-state index contributed by atoms with van der Waals surface area (Å²) in [5, 5.41) is 0.592. The van der Waals surface area contributed by atoms with E-state index >= 15 is 0 Å². The van der Waals surface area contributed by atoms with Crippen LogP contribution in [-0.4, -0.2) is 10.9 Å². The van der Waals surface area contributed by atoms with Crippen molar-refractivity contribution in [3.8, 4) is 0 Å². The van der Waals surface area contributed by atoms with Crippen molar-refractivity contribution in [3.05, 3.63) is 47.7 Å². The van der Waals surface area contributed by atoms with Crippen LogP contribution in [0.3, 0.4) is 0 Å². The number of carbonyl (C=O) groups is 1. The Labute approximate surface area is 128 Å². The van der Waals surface area contributed by atoms with Crippen molar-refractivity contribution in [2.75, 3.05) is 5.73 Å². The third-order valence-electron chi connectivity index (χ3n) is 3.08. The molecule has 1 aromatic heterocycles. The van der Waals surface area contributed by atoms with Crippen molar-refractivity contribution in [2.45, 2.75) is 36.1 Å². The lowest BCUT2D eigenvalue weighted by Crippen LogP contribution is -2.13. The Hall–Kier alpha value is -2.01. The second-order valence-corrected chi connectivity index (χ2v) is 6.89. The summed E-state index contributed by atoms with van der Waals surface area (Å²) in [5.74, 6) is -0.556. The number of anilines is 1. The van der Waals surface area contributed by atoms with Crippen LogP contribution in [0, 0.1) is 0 Å². The number of benzene rings is 1. The molecule has 0 aliphatic rings. The van der Waals surface area contributed by atoms with Crippen LogP contribution in [-0.2, 0) is 5.41 Å². The van der Waals surface area contributed by atoms with E-state index < -0.39 is 5.91 Å². The predicted molar refractivity (Wildman–Crippen MR) is 86.4 cm³/mol. The molecule has 4 N–H and O–H groups in total. The zero-order valence-electron chi connectivity index (χ0n) is 12.4. The van der Waals surface area contributed by atoms with Crippen molar-refractivity contribution in [1.29, 1.82) is 0 Å². The van der Waals surface area contributed by atoms with E-state index in [0.29, 0.717) is 10.7 Å². The molecule has 21 heavy (non-hydrogen) atoms. The Balaban J connectivity index is 2.26. The largest absolute Gasteiger partial charge is 0.397 e. The van der Waals surface area contributed by atoms with Crippen LogP contribution in [0.2, 0.25) is 0 Å². The molecule has 1 heterocycles. The minimum absolute atomic E-state index is 0.117. The average molecular weight is 301 g/mol. The molecule has 0 fully saturated rings. The molecule has 0 atom stereocenters. The molecule has 0 aliphatic carbocycles. The molecule has 0 saturated heterocycles. The van der Waals surface area contributed by atoms with Crippen LogP contribution in [0.15, 0.2) is 46.3 Å². The Bertz CT molecular complexity index is 660. The monoisotopic (exact) mass is 301 g/mol. The Morgan fingerprint density at radius 3 is 2.24 bits per heavy atom. The first kappa shape index (κ1) is 15.4. The number of pyridine rings is 1. The summed E-state index contributed by atoms with van der Waals surface area (Å²) in [6.45, 7) is 6.51. The van der Waals surface area contributed by atoms with E-state index in [1.807, 2.05) is 12.1 Å². The number of carbonyl (C=O) groups excluding carboxylic acids is 1. The topological polar surface area (TPSA) is 82.0 Å². The van der Waals surface area contributed by atoms with Crippen molar-refractivity contribution in [1.82, 2.24) is 4.98 Å². The van der Waals surface area contributed by atoms with Crippen LogP contribution in [0.5, 0.6) is 0 Å². The molecule has 110 valence electrons. The number of hydrogen-bond acceptors (Lipinski definition) is 4. The summed E-state index contributed by atoms with van der Waals surface area (Å²) in [6.07, 6.45) is 0. The number of nitrogens with two attached hydrogens (primary N) is 2. The SMILES string of the molecule is CC(C)(C)c1ccc(Sc2nc(C(N)=O)ccc2N)cc1. The zero-order chi connectivity index (χ0) is 15.6. The van der Waals surface area contributed by atoms with Crippen molar-refractivity contribution >= 4 is 23.4 Å². The second-order valence-electron chi connectivity index (χ2n) is 5.83. The second kappa shape index (κ2) is 5.77. The van der Waals surface area contributed by atoms with Gasteiger partial charge >= 0.3 is 0 Å². The lowest BCUT2D eigenvalue weighted by atomic mass is 9.87. The summed E-state index contributed by atoms with van der Waals surface area (Å²) in [4.78, 5) is 16.4. The van der Waals surface area contributed by atoms with Gasteiger partial charge in [0.1, 0.15) is 10.7 Å². The first-order valence-electron chi connectivity index (χ1n) is 6.62. The van der Waals surface area contributed by atoms with Gasteiger partial charge in [0.05, 0.1) is 5.69 Å². The highest BCUT2D eigenvalue weighted by atomic mass is 32.2. The predicted octanol–water partition coefficient (Wildman–Crippen LogP) is 3.21. The Morgan fingerprint density at radius 2 is 1.71 bits per heavy atom. The van der Waals surface area contributed by atoms with Gasteiger partial charge in [-0.15, -0.1) is 0 Å². The molecule has 4 nitrogen and oxygen atoms in total. The van der Waals surface area contributed by atoms with Crippen LogP contribution in [0.4, 0.5) is 5.69 Å². The van der Waals surface area contributed by atoms with Gasteiger partial charge in [-0.2, -0.15) is 0 Å². The molecule has 0 unspecified atom stereocenters. The van der Waals surface area contributed by atoms with E-state index in [1.165, 1.54) is 23.4 Å². The highest BCUT2D eigenvalue weighted by Gasteiger charge is 2.14. The van der Waals surface area contributed by atoms with Crippen LogP contribution in [0.25, 0.3) is 0 Å². The molecular formula is C16H19N3OS. The summed E-state index contributed by atoms with van der Waals surface area (Å²) in [5.41, 5.74) is 13.3. The highest BCUT2D eigenvalue weighted by Crippen LogP contribution is 2.32. The molecule has 5 heteroatoms. The van der Waals surface area contributed by atoms with Gasteiger partial charge in [-0.3, -0.25) is 4.79 Å². The van der Waals surface area contributed by atoms with Crippen LogP contribution in [0.1, 0.15) is 36.8 Å². The molecule has 2 aromatic rings. The lowest BCUT2D eigenvalue weighted by molar-refractivity contribution is 0.0995. The first-order chi connectivity index (χ1) is 9.77. The smallest absolute Gasteiger partial charge is 0.267 e. The van der Waals surface area contributed by atoms with Crippen molar-refractivity contribution in [3.63, 3.8) is 0 Å². The standard InChI is InChI=1S/C16H19N3OS/c1-16(2,3)10-4-6-11(7-5-10)21-15-12(17)8-9-13(19-15)14(18)20/h4-9H,17H2,1-3H3,(H2,18,20). The molecule has 0 aliphatic heterocycles. The van der Waals surface area contributed by atoms with E-state index in [1.54, 1.807) is 6.07 Å². The number of primary amides is 1. The van der Waals surface area contributed by atoms with Crippen molar-refractivity contribution < 1.29 is 4.79 Å². The first-order valence-corrected chi connectivity index (χ1v) is 7.44. The number of rotatable bonds is 3. The van der Waals surface area contributed by atoms with Gasteiger partial charge in [-0.25, -0.2) is 4.98 Å². The van der Waals surface area contributed by atoms with E-state index in [0.717, 1.165) is 4.90 Å². The van der Waals surface area contributed by atoms with Gasteiger partial charge in [0.15, 0.2) is 0 Å². The normalized spacial score (nSPS) is 11.4. The number of hydrogen-bond donors (Lipinski definition) is 2. The minimum Gasteiger partial charge on any atom is -0.397 e. The summed E-state index contributed by atoms with van der Waals surface area (Å²) in [7, 11) is 0. The minimum atomic E-state index is -0.556. The average Bonchev–Trinajstić information content (AvgIpc) is 2.40. The van der Waals surface area contributed by atoms with Gasteiger partial charge in [0, 0.05) is 4.90 Å². The van der Waals surface area contributed by atoms with E-state index in [2.05, 4.69) is 37.9 Å². The number of nitrogens with zero attached hydrogens (tertiary/aromatic N) is 1. The molecule has 0 bridgehead atoms. The number of nitrogen functional groups attached to an aromatic ring is 1. The van der Waals surface area contributed by atoms with Gasteiger partial charge in [0.2, 0.25) is 0 Å². The fraction of sp³-hybridized carbons (Fsp3) is 0.250. The lowest BCUT2D eigenvalue weighted by Gasteiger charge is -2.19. The third-order valence-corrected chi connectivity index (χ3v) is 4.11. The van der Waals surface area contributed by atoms with E-state index in [4.69, 9.17) is 11.5 Å². The molecule has 0 radical (unpaired) electrons. The molecular weight excluding hydrogens is 282 g/mol. The maximum atomic E-state index is 11.2. The van der Waals surface area contributed by atoms with Gasteiger partial charge in [-0.1, -0.05) is 44.7 Å². The number of aromatic nitrogens is 1. The molecule has 0 spiro atoms. The summed E-state index contributed by atoms with van der Waals surface area (Å²) >= 11 is 1.42. The van der Waals surface area contributed by atoms with Gasteiger partial charge in [-0.05, 0) is 35.2 Å². The fourth-order valence-electron chi connectivity index (χ4n) is 1.80. The van der Waals surface area contributed by atoms with Gasteiger partial charge in [0.25, 0.3) is 5.91 Å². The summed E-state index contributed by atoms with van der Waals surface area (Å²) < 4.78 is 0. The van der Waals surface area contributed by atoms with E-state index in [-0.39, 0.29) is 11.1 Å². The maximum absolute atomic E-state index is 11.2. The fourth-order valence-corrected chi connectivity index (χ4v) is 2.63. The maximum Gasteiger partial charge on any atom is 0.267 e. The quantitative estimate of drug-likeness (QED) is 0.912. The molecule has 2 rings (SSSR count). The van der Waals surface area contributed by atoms with Crippen LogP contribution < -0.4 is 11.5 Å². The van der Waals surface area contributed by atoms with E-state index in [9.17, 15) is 4.79 Å². The zero-order valence-corrected chi connectivity index (χ0v) is 13.2. The molecule has 0 saturated carbocycles. The van der Waals surface area contributed by atoms with Gasteiger partial charge < -0.3 is 11.5 Å². The van der Waals surface area contributed by atoms with Crippen LogP contribution >= 0.6 is 11.8 Å². The molecule has 1 amide bonds. The number of amides is 1. The highest BCUT2D eigenvalue weighted by molar-refractivity contribution is 7.99. The Kier molecular flexibility index (Phi) is 4.23. The molecule has 1 aromatic carbocycles. The third kappa shape index (κ3) is 3.76. The van der Waals surface area contributed by atoms with Crippen molar-refractivity contribution in [2.24, 2.45) is 5.73 Å². The Morgan fingerprint density at radius 1 is 1.10 bits per heavy atom.